The summed E-state index contributed by atoms with van der Waals surface area (Å²) >= 11 is 0. The van der Waals surface area contributed by atoms with Gasteiger partial charge in [0.15, 0.2) is 0 Å². The van der Waals surface area contributed by atoms with Crippen molar-refractivity contribution >= 4 is 11.6 Å². The van der Waals surface area contributed by atoms with E-state index in [1.54, 1.807) is 6.33 Å². The number of rotatable bonds is 4. The summed E-state index contributed by atoms with van der Waals surface area (Å²) < 4.78 is 7.97. The number of nitrogens with zero attached hydrogens (tertiary/aromatic N) is 6. The van der Waals surface area contributed by atoms with Crippen LogP contribution in [0.15, 0.2) is 42.7 Å². The Balaban J connectivity index is 1.42. The van der Waals surface area contributed by atoms with Crippen LogP contribution in [0.2, 0.25) is 0 Å². The molecule has 0 saturated carbocycles. The zero-order chi connectivity index (χ0) is 18.2. The first kappa shape index (κ1) is 16.6. The Morgan fingerprint density at radius 1 is 1.19 bits per heavy atom. The van der Waals surface area contributed by atoms with Gasteiger partial charge in [0.1, 0.15) is 12.1 Å². The van der Waals surface area contributed by atoms with Gasteiger partial charge < -0.3 is 9.64 Å². The Labute approximate surface area is 158 Å². The molecule has 3 aromatic rings. The number of anilines is 1. The van der Waals surface area contributed by atoms with Crippen molar-refractivity contribution in [3.05, 3.63) is 54.0 Å². The van der Waals surface area contributed by atoms with Crippen LogP contribution in [-0.2, 0) is 17.7 Å². The Bertz CT molecular complexity index is 927. The Morgan fingerprint density at radius 2 is 2.07 bits per heavy atom. The van der Waals surface area contributed by atoms with Crippen molar-refractivity contribution in [3.63, 3.8) is 0 Å². The zero-order valence-corrected chi connectivity index (χ0v) is 15.5. The Kier molecular flexibility index (Phi) is 4.26. The highest BCUT2D eigenvalue weighted by atomic mass is 16.5. The lowest BCUT2D eigenvalue weighted by Crippen LogP contribution is -2.50. The number of hydrogen-bond donors (Lipinski definition) is 0. The van der Waals surface area contributed by atoms with Crippen molar-refractivity contribution in [2.24, 2.45) is 0 Å². The largest absolute Gasteiger partial charge is 0.373 e. The van der Waals surface area contributed by atoms with E-state index in [-0.39, 0.29) is 6.10 Å². The fourth-order valence-electron chi connectivity index (χ4n) is 4.21. The van der Waals surface area contributed by atoms with Crippen LogP contribution < -0.4 is 4.90 Å². The maximum Gasteiger partial charge on any atom is 0.254 e. The fourth-order valence-corrected chi connectivity index (χ4v) is 4.21. The van der Waals surface area contributed by atoms with Crippen molar-refractivity contribution in [1.29, 1.82) is 0 Å². The van der Waals surface area contributed by atoms with Gasteiger partial charge in [-0.25, -0.2) is 4.98 Å². The molecule has 0 amide bonds. The van der Waals surface area contributed by atoms with Crippen molar-refractivity contribution in [2.45, 2.75) is 32.0 Å². The maximum atomic E-state index is 6.13. The molecule has 2 aromatic heterocycles. The smallest absolute Gasteiger partial charge is 0.254 e. The van der Waals surface area contributed by atoms with Crippen LogP contribution in [0, 0.1) is 0 Å². The third-order valence-corrected chi connectivity index (χ3v) is 5.62. The van der Waals surface area contributed by atoms with Crippen molar-refractivity contribution in [2.75, 3.05) is 31.1 Å². The molecule has 2 aliphatic heterocycles. The number of aromatic nitrogens is 4. The summed E-state index contributed by atoms with van der Waals surface area (Å²) in [6, 6.07) is 13.2. The van der Waals surface area contributed by atoms with Gasteiger partial charge in [-0.15, -0.1) is 0 Å². The first-order valence-corrected chi connectivity index (χ1v) is 9.66. The minimum Gasteiger partial charge on any atom is -0.373 e. The monoisotopic (exact) mass is 364 g/mol. The predicted octanol–water partition coefficient (Wildman–Crippen LogP) is 1.78. The lowest BCUT2D eigenvalue weighted by Gasteiger charge is -2.36. The third-order valence-electron chi connectivity index (χ3n) is 5.62. The zero-order valence-electron chi connectivity index (χ0n) is 15.5. The number of fused-ring (bicyclic) bond motifs is 2. The first-order chi connectivity index (χ1) is 13.3. The summed E-state index contributed by atoms with van der Waals surface area (Å²) in [5.74, 6) is 1.73. The summed E-state index contributed by atoms with van der Waals surface area (Å²) in [5.41, 5.74) is 2.40. The highest BCUT2D eigenvalue weighted by Gasteiger charge is 2.40. The molecule has 0 radical (unpaired) electrons. The summed E-state index contributed by atoms with van der Waals surface area (Å²) in [5, 5.41) is 4.39. The van der Waals surface area contributed by atoms with Crippen LogP contribution in [0.4, 0.5) is 5.82 Å². The molecule has 7 heteroatoms. The molecular formula is C20H24N6O. The van der Waals surface area contributed by atoms with Gasteiger partial charge in [0.2, 0.25) is 0 Å². The van der Waals surface area contributed by atoms with Crippen LogP contribution in [0.5, 0.6) is 0 Å². The predicted molar refractivity (Wildman–Crippen MR) is 103 cm³/mol. The van der Waals surface area contributed by atoms with E-state index in [0.717, 1.165) is 50.7 Å². The van der Waals surface area contributed by atoms with Crippen LogP contribution >= 0.6 is 0 Å². The van der Waals surface area contributed by atoms with Crippen molar-refractivity contribution in [1.82, 2.24) is 24.5 Å². The van der Waals surface area contributed by atoms with E-state index in [9.17, 15) is 0 Å². The summed E-state index contributed by atoms with van der Waals surface area (Å²) in [6.07, 6.45) is 2.68. The molecule has 0 bridgehead atoms. The second-order valence-electron chi connectivity index (χ2n) is 7.27. The first-order valence-electron chi connectivity index (χ1n) is 9.66. The Morgan fingerprint density at radius 3 is 2.93 bits per heavy atom. The van der Waals surface area contributed by atoms with Gasteiger partial charge >= 0.3 is 0 Å². The molecule has 2 aliphatic rings. The molecule has 27 heavy (non-hydrogen) atoms. The summed E-state index contributed by atoms with van der Waals surface area (Å²) in [6.45, 7) is 6.65. The molecule has 5 rings (SSSR count). The number of aryl methyl sites for hydroxylation is 1. The minimum absolute atomic E-state index is 0.222. The van der Waals surface area contributed by atoms with Gasteiger partial charge in [-0.3, -0.25) is 4.90 Å². The molecule has 4 heterocycles. The van der Waals surface area contributed by atoms with Crippen LogP contribution in [0.3, 0.4) is 0 Å². The average Bonchev–Trinajstić information content (AvgIpc) is 3.35. The van der Waals surface area contributed by atoms with E-state index in [1.807, 2.05) is 4.52 Å². The maximum absolute atomic E-state index is 6.13. The topological polar surface area (TPSA) is 58.8 Å². The molecule has 140 valence electrons. The van der Waals surface area contributed by atoms with E-state index in [1.165, 1.54) is 5.56 Å². The lowest BCUT2D eigenvalue weighted by atomic mass is 10.1. The SMILES string of the molecule is CCc1cc(N2CC3OCCN(Cc4ccccc4)C3C2)n2ncnc2n1. The molecular weight excluding hydrogens is 340 g/mol. The van der Waals surface area contributed by atoms with Gasteiger partial charge in [0, 0.05) is 37.9 Å². The van der Waals surface area contributed by atoms with E-state index >= 15 is 0 Å². The highest BCUT2D eigenvalue weighted by Crippen LogP contribution is 2.29. The van der Waals surface area contributed by atoms with Gasteiger partial charge in [0.05, 0.1) is 18.8 Å². The van der Waals surface area contributed by atoms with E-state index in [4.69, 9.17) is 4.74 Å². The molecule has 2 fully saturated rings. The van der Waals surface area contributed by atoms with Crippen LogP contribution in [-0.4, -0.2) is 62.9 Å². The normalized spacial score (nSPS) is 23.1. The van der Waals surface area contributed by atoms with Crippen LogP contribution in [0.1, 0.15) is 18.2 Å². The molecule has 0 spiro atoms. The van der Waals surface area contributed by atoms with Crippen LogP contribution in [0.25, 0.3) is 5.78 Å². The quantitative estimate of drug-likeness (QED) is 0.703. The molecule has 2 saturated heterocycles. The highest BCUT2D eigenvalue weighted by molar-refractivity contribution is 5.49. The molecule has 2 unspecified atom stereocenters. The average molecular weight is 364 g/mol. The third kappa shape index (κ3) is 3.07. The van der Waals surface area contributed by atoms with E-state index < -0.39 is 0 Å². The number of morpholine rings is 1. The minimum atomic E-state index is 0.222. The standard InChI is InChI=1S/C20H24N6O/c1-2-16-10-19(26-20(23-16)21-14-22-26)25-12-17-18(13-25)27-9-8-24(17)11-15-6-4-3-5-7-15/h3-7,10,14,17-18H,2,8-9,11-13H2,1H3. The van der Waals surface area contributed by atoms with Gasteiger partial charge in [-0.05, 0) is 12.0 Å². The fraction of sp³-hybridized carbons (Fsp3) is 0.450. The summed E-state index contributed by atoms with van der Waals surface area (Å²) in [7, 11) is 0. The van der Waals surface area contributed by atoms with Crippen molar-refractivity contribution < 1.29 is 4.74 Å². The van der Waals surface area contributed by atoms with Gasteiger partial charge in [-0.1, -0.05) is 37.3 Å². The number of benzene rings is 1. The van der Waals surface area contributed by atoms with Gasteiger partial charge in [0.25, 0.3) is 5.78 Å². The van der Waals surface area contributed by atoms with Crippen molar-refractivity contribution in [3.8, 4) is 0 Å². The summed E-state index contributed by atoms with van der Waals surface area (Å²) in [4.78, 5) is 13.8. The molecule has 7 nitrogen and oxygen atoms in total. The lowest BCUT2D eigenvalue weighted by molar-refractivity contribution is -0.0499. The number of ether oxygens (including phenoxy) is 1. The Hall–Kier alpha value is -2.51. The second-order valence-corrected chi connectivity index (χ2v) is 7.27. The second kappa shape index (κ2) is 6.90. The van der Waals surface area contributed by atoms with Gasteiger partial charge in [-0.2, -0.15) is 14.6 Å². The molecule has 0 aliphatic carbocycles. The van der Waals surface area contributed by atoms with E-state index in [2.05, 4.69) is 68.2 Å². The number of hydrogen-bond acceptors (Lipinski definition) is 6. The molecule has 0 N–H and O–H groups in total. The molecule has 1 aromatic carbocycles. The van der Waals surface area contributed by atoms with E-state index in [0.29, 0.717) is 11.8 Å². The molecule has 2 atom stereocenters.